The van der Waals surface area contributed by atoms with E-state index >= 15 is 0 Å². The van der Waals surface area contributed by atoms with Gasteiger partial charge in [0.2, 0.25) is 11.7 Å². The second kappa shape index (κ2) is 9.95. The van der Waals surface area contributed by atoms with Gasteiger partial charge in [-0.1, -0.05) is 42.5 Å². The Morgan fingerprint density at radius 1 is 1.17 bits per heavy atom. The quantitative estimate of drug-likeness (QED) is 0.237. The van der Waals surface area contributed by atoms with Crippen LogP contribution in [0.3, 0.4) is 0 Å². The number of hydrogen-bond acceptors (Lipinski definition) is 6. The summed E-state index contributed by atoms with van der Waals surface area (Å²) in [7, 11) is 1.36. The third-order valence-electron chi connectivity index (χ3n) is 6.28. The van der Waals surface area contributed by atoms with Gasteiger partial charge in [0, 0.05) is 16.0 Å². The maximum atomic E-state index is 12.8. The van der Waals surface area contributed by atoms with Crippen LogP contribution in [0.1, 0.15) is 33.6 Å². The van der Waals surface area contributed by atoms with Crippen molar-refractivity contribution in [2.24, 2.45) is 11.8 Å². The Morgan fingerprint density at radius 2 is 1.86 bits per heavy atom. The predicted molar refractivity (Wildman–Crippen MR) is 135 cm³/mol. The maximum absolute atomic E-state index is 12.8. The first-order valence-electron chi connectivity index (χ1n) is 11.1. The van der Waals surface area contributed by atoms with E-state index in [4.69, 9.17) is 4.74 Å². The Bertz CT molecular complexity index is 1320. The Kier molecular flexibility index (Phi) is 6.98. The molecule has 1 aliphatic carbocycles. The van der Waals surface area contributed by atoms with Gasteiger partial charge < -0.3 is 10.1 Å². The van der Waals surface area contributed by atoms with E-state index < -0.39 is 4.92 Å². The lowest BCUT2D eigenvalue weighted by Gasteiger charge is -2.10. The average Bonchev–Trinajstić information content (AvgIpc) is 3.61. The summed E-state index contributed by atoms with van der Waals surface area (Å²) in [5.41, 5.74) is 4.08. The Morgan fingerprint density at radius 3 is 2.51 bits per heavy atom. The molecule has 1 N–H and O–H groups in total. The van der Waals surface area contributed by atoms with E-state index in [0.29, 0.717) is 34.1 Å². The van der Waals surface area contributed by atoms with Crippen molar-refractivity contribution in [2.45, 2.75) is 26.7 Å². The number of esters is 1. The molecule has 4 rings (SSSR count). The molecule has 0 spiro atoms. The van der Waals surface area contributed by atoms with Crippen LogP contribution in [0.4, 0.5) is 11.5 Å². The number of methoxy groups -OCH3 is 1. The van der Waals surface area contributed by atoms with Crippen molar-refractivity contribution < 1.29 is 19.2 Å². The highest BCUT2D eigenvalue weighted by molar-refractivity contribution is 9.10. The van der Waals surface area contributed by atoms with Crippen LogP contribution < -0.4 is 5.32 Å². The number of aryl methyl sites for hydroxylation is 1. The second-order valence-corrected chi connectivity index (χ2v) is 9.41. The highest BCUT2D eigenvalue weighted by Crippen LogP contribution is 2.43. The van der Waals surface area contributed by atoms with Crippen LogP contribution in [-0.4, -0.2) is 28.9 Å². The summed E-state index contributed by atoms with van der Waals surface area (Å²) >= 11 is 3.32. The zero-order chi connectivity index (χ0) is 25.3. The number of halogens is 1. The third-order valence-corrected chi connectivity index (χ3v) is 7.45. The number of benzene rings is 2. The lowest BCUT2D eigenvalue weighted by Crippen LogP contribution is -2.18. The van der Waals surface area contributed by atoms with Crippen LogP contribution in [-0.2, 0) is 16.0 Å². The molecule has 9 heteroatoms. The molecule has 1 saturated carbocycles. The van der Waals surface area contributed by atoms with Gasteiger partial charge >= 0.3 is 11.7 Å². The number of nitro groups is 1. The number of nitrogens with one attached hydrogen (secondary N) is 1. The molecule has 35 heavy (non-hydrogen) atoms. The van der Waals surface area contributed by atoms with E-state index in [0.717, 1.165) is 16.7 Å². The zero-order valence-electron chi connectivity index (χ0n) is 19.5. The highest BCUT2D eigenvalue weighted by atomic mass is 79.9. The molecule has 0 saturated heterocycles. The molecule has 3 aromatic rings. The smallest absolute Gasteiger partial charge is 0.338 e. The molecule has 2 unspecified atom stereocenters. The molecule has 0 bridgehead atoms. The lowest BCUT2D eigenvalue weighted by molar-refractivity contribution is -0.384. The van der Waals surface area contributed by atoms with Crippen LogP contribution in [0.5, 0.6) is 0 Å². The first-order chi connectivity index (χ1) is 16.7. The number of nitrogens with zero attached hydrogens (tertiary/aromatic N) is 2. The highest BCUT2D eigenvalue weighted by Gasteiger charge is 2.43. The number of carbonyl (C=O) groups is 2. The average molecular weight is 538 g/mol. The van der Waals surface area contributed by atoms with Crippen LogP contribution in [0.25, 0.3) is 11.1 Å². The number of pyridine rings is 1. The predicted octanol–water partition coefficient (Wildman–Crippen LogP) is 5.64. The molecule has 1 aromatic heterocycles. The van der Waals surface area contributed by atoms with Crippen LogP contribution in [0.15, 0.2) is 53.0 Å². The van der Waals surface area contributed by atoms with Crippen LogP contribution in [0.2, 0.25) is 0 Å². The number of aromatic nitrogens is 1. The van der Waals surface area contributed by atoms with Crippen molar-refractivity contribution >= 4 is 39.3 Å². The number of anilines is 1. The Hall–Kier alpha value is -3.59. The van der Waals surface area contributed by atoms with E-state index in [1.807, 2.05) is 36.4 Å². The summed E-state index contributed by atoms with van der Waals surface area (Å²) in [5.74, 6) is -0.726. The molecule has 2 atom stereocenters. The normalized spacial score (nSPS) is 16.5. The third kappa shape index (κ3) is 5.09. The SMILES string of the molecule is COC(=O)c1ccccc1-c1ccc(CC2CC2C(=O)Nc2nc(C)c(Br)c(C)c2[N+](=O)[O-])cc1. The van der Waals surface area contributed by atoms with Crippen molar-refractivity contribution in [2.75, 3.05) is 12.4 Å². The molecule has 180 valence electrons. The van der Waals surface area contributed by atoms with Gasteiger partial charge in [-0.15, -0.1) is 0 Å². The second-order valence-electron chi connectivity index (χ2n) is 8.62. The molecule has 2 aromatic carbocycles. The van der Waals surface area contributed by atoms with E-state index in [1.54, 1.807) is 26.0 Å². The first kappa shape index (κ1) is 24.5. The summed E-state index contributed by atoms with van der Waals surface area (Å²) in [6.45, 7) is 3.35. The monoisotopic (exact) mass is 537 g/mol. The molecule has 0 aliphatic heterocycles. The van der Waals surface area contributed by atoms with Gasteiger partial charge in [-0.2, -0.15) is 0 Å². The number of amides is 1. The standard InChI is InChI=1S/C26H24BrN3O5/c1-14-22(27)15(2)28-24(23(14)30(33)34)29-25(31)21-13-18(21)12-16-8-10-17(11-9-16)19-6-4-5-7-20(19)26(32)35-3/h4-11,18,21H,12-13H2,1-3H3,(H,28,29,31). The topological polar surface area (TPSA) is 111 Å². The number of ether oxygens (including phenoxy) is 1. The van der Waals surface area contributed by atoms with Gasteiger partial charge in [0.05, 0.1) is 23.3 Å². The van der Waals surface area contributed by atoms with Gasteiger partial charge in [0.25, 0.3) is 0 Å². The fourth-order valence-electron chi connectivity index (χ4n) is 4.28. The minimum atomic E-state index is -0.521. The van der Waals surface area contributed by atoms with Gasteiger partial charge in [-0.3, -0.25) is 14.9 Å². The van der Waals surface area contributed by atoms with Crippen molar-refractivity contribution in [1.82, 2.24) is 4.98 Å². The summed E-state index contributed by atoms with van der Waals surface area (Å²) in [4.78, 5) is 40.1. The van der Waals surface area contributed by atoms with E-state index in [2.05, 4.69) is 26.2 Å². The molecule has 1 fully saturated rings. The van der Waals surface area contributed by atoms with Gasteiger partial charge in [0.1, 0.15) is 0 Å². The minimum absolute atomic E-state index is 0.0162. The maximum Gasteiger partial charge on any atom is 0.338 e. The fourth-order valence-corrected chi connectivity index (χ4v) is 4.56. The first-order valence-corrected chi connectivity index (χ1v) is 11.9. The zero-order valence-corrected chi connectivity index (χ0v) is 21.1. The summed E-state index contributed by atoms with van der Waals surface area (Å²) in [6.07, 6.45) is 1.42. The van der Waals surface area contributed by atoms with E-state index in [-0.39, 0.29) is 35.2 Å². The van der Waals surface area contributed by atoms with Gasteiger partial charge in [-0.05, 0) is 71.3 Å². The number of hydrogen-bond donors (Lipinski definition) is 1. The molecular weight excluding hydrogens is 514 g/mol. The Balaban J connectivity index is 1.43. The van der Waals surface area contributed by atoms with Crippen molar-refractivity contribution in [1.29, 1.82) is 0 Å². The van der Waals surface area contributed by atoms with Crippen LogP contribution in [0, 0.1) is 35.8 Å². The van der Waals surface area contributed by atoms with Gasteiger partial charge in [-0.25, -0.2) is 9.78 Å². The van der Waals surface area contributed by atoms with Crippen molar-refractivity contribution in [3.63, 3.8) is 0 Å². The Labute approximate surface area is 211 Å². The molecule has 0 radical (unpaired) electrons. The minimum Gasteiger partial charge on any atom is -0.465 e. The molecule has 1 aliphatic rings. The van der Waals surface area contributed by atoms with Crippen molar-refractivity contribution in [3.8, 4) is 11.1 Å². The molecular formula is C26H24BrN3O5. The molecule has 8 nitrogen and oxygen atoms in total. The number of carbonyl (C=O) groups excluding carboxylic acids is 2. The summed E-state index contributed by atoms with van der Waals surface area (Å²) in [6, 6.07) is 15.2. The van der Waals surface area contributed by atoms with Gasteiger partial charge in [0.15, 0.2) is 0 Å². The van der Waals surface area contributed by atoms with E-state index in [9.17, 15) is 19.7 Å². The summed E-state index contributed by atoms with van der Waals surface area (Å²) < 4.78 is 5.44. The summed E-state index contributed by atoms with van der Waals surface area (Å²) in [5, 5.41) is 14.2. The molecule has 1 heterocycles. The number of rotatable bonds is 7. The molecule has 1 amide bonds. The van der Waals surface area contributed by atoms with Crippen molar-refractivity contribution in [3.05, 3.63) is 85.5 Å². The van der Waals surface area contributed by atoms with E-state index in [1.165, 1.54) is 7.11 Å². The van der Waals surface area contributed by atoms with Crippen LogP contribution >= 0.6 is 15.9 Å². The fraction of sp³-hybridized carbons (Fsp3) is 0.269. The lowest BCUT2D eigenvalue weighted by atomic mass is 9.97. The largest absolute Gasteiger partial charge is 0.465 e.